The summed E-state index contributed by atoms with van der Waals surface area (Å²) in [6, 6.07) is 4.94. The number of methoxy groups -OCH3 is 1. The quantitative estimate of drug-likeness (QED) is 0.732. The summed E-state index contributed by atoms with van der Waals surface area (Å²) in [5.41, 5.74) is 0.244. The van der Waals surface area contributed by atoms with E-state index in [1.165, 1.54) is 19.1 Å². The Bertz CT molecular complexity index is 804. The van der Waals surface area contributed by atoms with Crippen LogP contribution in [0, 0.1) is 0 Å². The van der Waals surface area contributed by atoms with E-state index in [1.54, 1.807) is 32.3 Å². The summed E-state index contributed by atoms with van der Waals surface area (Å²) in [6.45, 7) is 0. The van der Waals surface area contributed by atoms with Crippen molar-refractivity contribution in [1.29, 1.82) is 0 Å². The Balaban J connectivity index is 2.48. The summed E-state index contributed by atoms with van der Waals surface area (Å²) >= 11 is 0. The molecule has 1 aromatic rings. The molecule has 0 spiro atoms. The van der Waals surface area contributed by atoms with Crippen molar-refractivity contribution >= 4 is 22.3 Å². The van der Waals surface area contributed by atoms with E-state index in [0.717, 1.165) is 5.01 Å². The number of nitrogens with zero attached hydrogens (tertiary/aromatic N) is 3. The molecule has 130 valence electrons. The highest BCUT2D eigenvalue weighted by molar-refractivity contribution is 7.61. The second kappa shape index (κ2) is 6.60. The second-order valence-corrected chi connectivity index (χ2v) is 6.42. The van der Waals surface area contributed by atoms with Crippen LogP contribution >= 0.6 is 0 Å². The Kier molecular flexibility index (Phi) is 4.93. The van der Waals surface area contributed by atoms with Crippen LogP contribution in [0.25, 0.3) is 0 Å². The van der Waals surface area contributed by atoms with Crippen molar-refractivity contribution in [2.75, 3.05) is 28.3 Å². The number of ether oxygens (including phenoxy) is 1. The second-order valence-electron chi connectivity index (χ2n) is 5.82. The van der Waals surface area contributed by atoms with Crippen LogP contribution in [0.1, 0.15) is 28.8 Å². The fraction of sp³-hybridized carbons (Fsp3) is 0.467. The van der Waals surface area contributed by atoms with E-state index in [9.17, 15) is 18.0 Å². The van der Waals surface area contributed by atoms with Gasteiger partial charge in [0.25, 0.3) is 5.91 Å². The molecule has 0 heterocycles. The van der Waals surface area contributed by atoms with Gasteiger partial charge >= 0.3 is 10.5 Å². The molecule has 1 aliphatic carbocycles. The predicted molar refractivity (Wildman–Crippen MR) is 86.0 cm³/mol. The van der Waals surface area contributed by atoms with Gasteiger partial charge in [0.15, 0.2) is 0 Å². The van der Waals surface area contributed by atoms with Gasteiger partial charge in [-0.05, 0) is 35.0 Å². The molecule has 9 heteroatoms. The van der Waals surface area contributed by atoms with E-state index >= 15 is 0 Å². The Morgan fingerprint density at radius 2 is 1.83 bits per heavy atom. The highest BCUT2D eigenvalue weighted by atomic mass is 32.2. The fourth-order valence-corrected chi connectivity index (χ4v) is 2.94. The first-order valence-corrected chi connectivity index (χ1v) is 8.25. The van der Waals surface area contributed by atoms with Gasteiger partial charge < -0.3 is 9.64 Å². The maximum absolute atomic E-state index is 12.4. The highest BCUT2D eigenvalue weighted by Gasteiger charge is 2.52. The van der Waals surface area contributed by atoms with Crippen LogP contribution in [0.15, 0.2) is 22.7 Å². The molecule has 0 aliphatic heterocycles. The zero-order valence-corrected chi connectivity index (χ0v) is 14.8. The Morgan fingerprint density at radius 3 is 2.29 bits per heavy atom. The molecule has 2 rings (SSSR count). The molecule has 1 aromatic carbocycles. The normalized spacial score (nSPS) is 14.5. The van der Waals surface area contributed by atoms with Crippen molar-refractivity contribution in [2.24, 2.45) is 4.47 Å². The number of hydrogen-bond acceptors (Lipinski definition) is 6. The minimum Gasteiger partial charge on any atom is -0.496 e. The van der Waals surface area contributed by atoms with Crippen molar-refractivity contribution in [3.8, 4) is 5.75 Å². The van der Waals surface area contributed by atoms with Gasteiger partial charge in [-0.2, -0.15) is 8.42 Å². The number of likely N-dealkylation sites (N-methyl/N-ethyl adjacent to an activating group) is 1. The largest absolute Gasteiger partial charge is 0.496 e. The minimum atomic E-state index is -2.74. The molecule has 8 nitrogen and oxygen atoms in total. The number of benzene rings is 1. The molecule has 0 aromatic heterocycles. The molecule has 24 heavy (non-hydrogen) atoms. The molecule has 0 radical (unpaired) electrons. The minimum absolute atomic E-state index is 0.0234. The van der Waals surface area contributed by atoms with Crippen LogP contribution in [0.2, 0.25) is 0 Å². The monoisotopic (exact) mass is 353 g/mol. The first-order valence-electron chi connectivity index (χ1n) is 7.22. The molecule has 1 fully saturated rings. The zero-order valence-electron chi connectivity index (χ0n) is 13.9. The molecular weight excluding hydrogens is 334 g/mol. The summed E-state index contributed by atoms with van der Waals surface area (Å²) in [4.78, 5) is 26.4. The average molecular weight is 353 g/mol. The molecular formula is C15H19N3O5S. The van der Waals surface area contributed by atoms with Crippen molar-refractivity contribution < 1.29 is 22.7 Å². The van der Waals surface area contributed by atoms with E-state index in [4.69, 9.17) is 4.74 Å². The molecule has 0 atom stereocenters. The summed E-state index contributed by atoms with van der Waals surface area (Å²) in [6.07, 6.45) is 1.41. The lowest BCUT2D eigenvalue weighted by Gasteiger charge is -2.21. The molecule has 1 saturated carbocycles. The Hall–Kier alpha value is -2.42. The van der Waals surface area contributed by atoms with E-state index in [2.05, 4.69) is 4.47 Å². The van der Waals surface area contributed by atoms with Crippen LogP contribution in [0.3, 0.4) is 0 Å². The van der Waals surface area contributed by atoms with Gasteiger partial charge in [0.1, 0.15) is 5.75 Å². The van der Waals surface area contributed by atoms with Gasteiger partial charge in [-0.15, -0.1) is 0 Å². The van der Waals surface area contributed by atoms with Crippen molar-refractivity contribution in [2.45, 2.75) is 18.3 Å². The number of hydrogen-bond donors (Lipinski definition) is 0. The summed E-state index contributed by atoms with van der Waals surface area (Å²) < 4.78 is 29.7. The number of rotatable bonds is 5. The van der Waals surface area contributed by atoms with Crippen LogP contribution < -0.4 is 4.74 Å². The summed E-state index contributed by atoms with van der Waals surface area (Å²) in [5.74, 6) is -0.369. The lowest BCUT2D eigenvalue weighted by atomic mass is 9.92. The molecule has 2 amide bonds. The number of carbonyl (C=O) groups excluding carboxylic acids is 2. The van der Waals surface area contributed by atoms with Gasteiger partial charge in [-0.1, -0.05) is 6.07 Å². The highest BCUT2D eigenvalue weighted by Crippen LogP contribution is 2.50. The standard InChI is InChI=1S/C15H19N3O5S/c1-17(2)14(20)15(7-8-15)10-5-6-12(23-4)11(9-10)13(19)18(3)16-24(21)22/h5-6,9H,7-8H2,1-4H3. The Morgan fingerprint density at radius 1 is 1.21 bits per heavy atom. The van der Waals surface area contributed by atoms with Crippen LogP contribution in [0.4, 0.5) is 0 Å². The van der Waals surface area contributed by atoms with E-state index in [1.807, 2.05) is 0 Å². The summed E-state index contributed by atoms with van der Waals surface area (Å²) in [7, 11) is 3.28. The fourth-order valence-electron chi connectivity index (χ4n) is 2.66. The van der Waals surface area contributed by atoms with E-state index in [-0.39, 0.29) is 17.2 Å². The SMILES string of the molecule is COc1ccc(C2(C(=O)N(C)C)CC2)cc1C(=O)N(C)N=S(=O)=O. The van der Waals surface area contributed by atoms with Gasteiger partial charge in [0.2, 0.25) is 5.91 Å². The Labute approximate surface area is 141 Å². The van der Waals surface area contributed by atoms with E-state index < -0.39 is 21.8 Å². The van der Waals surface area contributed by atoms with Crippen molar-refractivity contribution in [3.63, 3.8) is 0 Å². The van der Waals surface area contributed by atoms with Gasteiger partial charge in [0, 0.05) is 21.1 Å². The average Bonchev–Trinajstić information content (AvgIpc) is 3.33. The van der Waals surface area contributed by atoms with Crippen LogP contribution in [-0.2, 0) is 20.7 Å². The molecule has 0 saturated heterocycles. The molecule has 0 unspecified atom stereocenters. The topological polar surface area (TPSA) is 96.3 Å². The van der Waals surface area contributed by atoms with E-state index in [0.29, 0.717) is 18.4 Å². The van der Waals surface area contributed by atoms with Gasteiger partial charge in [-0.3, -0.25) is 9.59 Å². The summed E-state index contributed by atoms with van der Waals surface area (Å²) in [5, 5.41) is 0.720. The van der Waals surface area contributed by atoms with Crippen LogP contribution in [-0.4, -0.2) is 58.4 Å². The van der Waals surface area contributed by atoms with Gasteiger partial charge in [0.05, 0.1) is 18.1 Å². The lowest BCUT2D eigenvalue weighted by molar-refractivity contribution is -0.131. The van der Waals surface area contributed by atoms with Crippen LogP contribution in [0.5, 0.6) is 5.75 Å². The third-order valence-electron chi connectivity index (χ3n) is 4.03. The molecule has 0 N–H and O–H groups in total. The third kappa shape index (κ3) is 3.25. The first-order chi connectivity index (χ1) is 11.2. The van der Waals surface area contributed by atoms with Gasteiger partial charge in [-0.25, -0.2) is 5.01 Å². The maximum Gasteiger partial charge on any atom is 0.333 e. The van der Waals surface area contributed by atoms with Crippen molar-refractivity contribution in [1.82, 2.24) is 9.91 Å². The zero-order chi connectivity index (χ0) is 18.1. The molecule has 1 aliphatic rings. The number of carbonyl (C=O) groups is 2. The maximum atomic E-state index is 12.4. The van der Waals surface area contributed by atoms with Crippen molar-refractivity contribution in [3.05, 3.63) is 29.3 Å². The predicted octanol–water partition coefficient (Wildman–Crippen LogP) is 0.865. The lowest BCUT2D eigenvalue weighted by Crippen LogP contribution is -2.34. The molecule has 0 bridgehead atoms. The number of amides is 2. The first kappa shape index (κ1) is 17.9. The smallest absolute Gasteiger partial charge is 0.333 e. The third-order valence-corrected chi connectivity index (χ3v) is 4.41.